The van der Waals surface area contributed by atoms with E-state index in [2.05, 4.69) is 5.32 Å². The van der Waals surface area contributed by atoms with E-state index in [9.17, 15) is 26.4 Å². The summed E-state index contributed by atoms with van der Waals surface area (Å²) in [6.07, 6.45) is -4.51. The van der Waals surface area contributed by atoms with Crippen molar-refractivity contribution in [2.24, 2.45) is 0 Å². The zero-order valence-electron chi connectivity index (χ0n) is 16.8. The molecule has 3 rings (SSSR count). The van der Waals surface area contributed by atoms with E-state index < -0.39 is 34.2 Å². The maximum Gasteiger partial charge on any atom is 0.416 e. The van der Waals surface area contributed by atoms with Gasteiger partial charge in [0.25, 0.3) is 10.0 Å². The van der Waals surface area contributed by atoms with Crippen LogP contribution >= 0.6 is 0 Å². The van der Waals surface area contributed by atoms with Gasteiger partial charge in [0, 0.05) is 5.69 Å². The van der Waals surface area contributed by atoms with Crippen LogP contribution in [0.5, 0.6) is 5.75 Å². The van der Waals surface area contributed by atoms with Gasteiger partial charge in [0.05, 0.1) is 23.3 Å². The lowest BCUT2D eigenvalue weighted by Crippen LogP contribution is -2.38. The van der Waals surface area contributed by atoms with E-state index in [0.29, 0.717) is 0 Å². The standard InChI is InChI=1S/C22H19F3N2O4S/c1-31-20-10-6-5-9-19(20)27(32(29,30)18-7-3-2-4-8-18)15-21(28)26-17-13-11-16(12-14-17)22(23,24)25/h2-14H,15H2,1H3,(H,26,28). The third-order valence-electron chi connectivity index (χ3n) is 4.47. The number of amides is 1. The largest absolute Gasteiger partial charge is 0.495 e. The molecule has 10 heteroatoms. The maximum absolute atomic E-state index is 13.3. The van der Waals surface area contributed by atoms with Crippen LogP contribution in [0.2, 0.25) is 0 Å². The van der Waals surface area contributed by atoms with Crippen molar-refractivity contribution in [2.45, 2.75) is 11.1 Å². The van der Waals surface area contributed by atoms with Gasteiger partial charge in [-0.3, -0.25) is 9.10 Å². The third-order valence-corrected chi connectivity index (χ3v) is 6.24. The first-order chi connectivity index (χ1) is 15.1. The number of ether oxygens (including phenoxy) is 1. The summed E-state index contributed by atoms with van der Waals surface area (Å²) in [6.45, 7) is -0.626. The molecule has 0 aliphatic rings. The number of nitrogens with one attached hydrogen (secondary N) is 1. The summed E-state index contributed by atoms with van der Waals surface area (Å²) in [5.74, 6) is -0.510. The first-order valence-corrected chi connectivity index (χ1v) is 10.7. The lowest BCUT2D eigenvalue weighted by molar-refractivity contribution is -0.137. The second-order valence-corrected chi connectivity index (χ2v) is 8.48. The summed E-state index contributed by atoms with van der Waals surface area (Å²) in [5.41, 5.74) is -0.626. The van der Waals surface area contributed by atoms with Crippen molar-refractivity contribution in [3.63, 3.8) is 0 Å². The van der Waals surface area contributed by atoms with Crippen LogP contribution in [0.4, 0.5) is 24.5 Å². The smallest absolute Gasteiger partial charge is 0.416 e. The lowest BCUT2D eigenvalue weighted by Gasteiger charge is -2.25. The van der Waals surface area contributed by atoms with Gasteiger partial charge in [-0.15, -0.1) is 0 Å². The van der Waals surface area contributed by atoms with Crippen molar-refractivity contribution in [3.05, 3.63) is 84.4 Å². The van der Waals surface area contributed by atoms with E-state index >= 15 is 0 Å². The van der Waals surface area contributed by atoms with Gasteiger partial charge < -0.3 is 10.1 Å². The number of alkyl halides is 3. The molecule has 0 spiro atoms. The van der Waals surface area contributed by atoms with E-state index in [1.807, 2.05) is 0 Å². The summed E-state index contributed by atoms with van der Waals surface area (Å²) >= 11 is 0. The highest BCUT2D eigenvalue weighted by Gasteiger charge is 2.31. The number of sulfonamides is 1. The molecule has 6 nitrogen and oxygen atoms in total. The van der Waals surface area contributed by atoms with Crippen LogP contribution in [0.3, 0.4) is 0 Å². The molecule has 0 unspecified atom stereocenters. The number of hydrogen-bond donors (Lipinski definition) is 1. The Labute approximate surface area is 183 Å². The van der Waals surface area contributed by atoms with Gasteiger partial charge in [0.2, 0.25) is 5.91 Å². The number of halogens is 3. The Morgan fingerprint density at radius 3 is 2.12 bits per heavy atom. The number of hydrogen-bond acceptors (Lipinski definition) is 4. The Balaban J connectivity index is 1.92. The highest BCUT2D eigenvalue weighted by atomic mass is 32.2. The average molecular weight is 464 g/mol. The van der Waals surface area contributed by atoms with Crippen LogP contribution in [0.25, 0.3) is 0 Å². The lowest BCUT2D eigenvalue weighted by atomic mass is 10.2. The molecular weight excluding hydrogens is 445 g/mol. The average Bonchev–Trinajstić information content (AvgIpc) is 2.77. The molecule has 0 heterocycles. The van der Waals surface area contributed by atoms with Gasteiger partial charge in [-0.05, 0) is 48.5 Å². The highest BCUT2D eigenvalue weighted by molar-refractivity contribution is 7.92. The molecule has 0 atom stereocenters. The summed E-state index contributed by atoms with van der Waals surface area (Å²) in [6, 6.07) is 17.7. The minimum Gasteiger partial charge on any atom is -0.495 e. The highest BCUT2D eigenvalue weighted by Crippen LogP contribution is 2.32. The number of rotatable bonds is 7. The molecule has 0 aliphatic carbocycles. The fraction of sp³-hybridized carbons (Fsp3) is 0.136. The van der Waals surface area contributed by atoms with Crippen molar-refractivity contribution >= 4 is 27.3 Å². The van der Waals surface area contributed by atoms with Crippen molar-refractivity contribution in [1.82, 2.24) is 0 Å². The number of methoxy groups -OCH3 is 1. The SMILES string of the molecule is COc1ccccc1N(CC(=O)Nc1ccc(C(F)(F)F)cc1)S(=O)(=O)c1ccccc1. The third kappa shape index (κ3) is 5.20. The molecular formula is C22H19F3N2O4S. The van der Waals surface area contributed by atoms with Gasteiger partial charge in [-0.25, -0.2) is 8.42 Å². The predicted octanol–water partition coefficient (Wildman–Crippen LogP) is 4.55. The topological polar surface area (TPSA) is 75.7 Å². The van der Waals surface area contributed by atoms with E-state index in [0.717, 1.165) is 28.6 Å². The van der Waals surface area contributed by atoms with E-state index in [4.69, 9.17) is 4.74 Å². The van der Waals surface area contributed by atoms with Crippen molar-refractivity contribution in [1.29, 1.82) is 0 Å². The van der Waals surface area contributed by atoms with Gasteiger partial charge in [0.15, 0.2) is 0 Å². The summed E-state index contributed by atoms with van der Waals surface area (Å²) in [4.78, 5) is 12.6. The van der Waals surface area contributed by atoms with Crippen LogP contribution in [0, 0.1) is 0 Å². The normalized spacial score (nSPS) is 11.6. The Morgan fingerprint density at radius 1 is 0.938 bits per heavy atom. The number of carbonyl (C=O) groups excluding carboxylic acids is 1. The summed E-state index contributed by atoms with van der Waals surface area (Å²) in [7, 11) is -2.79. The van der Waals surface area contributed by atoms with Crippen LogP contribution in [-0.4, -0.2) is 28.0 Å². The van der Waals surface area contributed by atoms with Crippen LogP contribution in [0.15, 0.2) is 83.8 Å². The zero-order valence-corrected chi connectivity index (χ0v) is 17.7. The number of anilines is 2. The van der Waals surface area contributed by atoms with Crippen LogP contribution in [0.1, 0.15) is 5.56 Å². The number of carbonyl (C=O) groups is 1. The Bertz CT molecular complexity index is 1180. The van der Waals surface area contributed by atoms with E-state index in [-0.39, 0.29) is 22.0 Å². The van der Waals surface area contributed by atoms with Crippen molar-refractivity contribution in [2.75, 3.05) is 23.3 Å². The Hall–Kier alpha value is -3.53. The van der Waals surface area contributed by atoms with Gasteiger partial charge >= 0.3 is 6.18 Å². The summed E-state index contributed by atoms with van der Waals surface area (Å²) < 4.78 is 71.0. The predicted molar refractivity (Wildman–Crippen MR) is 114 cm³/mol. The monoisotopic (exact) mass is 464 g/mol. The Morgan fingerprint density at radius 2 is 1.53 bits per heavy atom. The molecule has 1 N–H and O–H groups in total. The zero-order chi connectivity index (χ0) is 23.4. The first kappa shape index (κ1) is 23.1. The second kappa shape index (κ2) is 9.31. The molecule has 0 aliphatic heterocycles. The molecule has 3 aromatic rings. The van der Waals surface area contributed by atoms with Crippen molar-refractivity contribution in [3.8, 4) is 5.75 Å². The minimum atomic E-state index is -4.51. The van der Waals surface area contributed by atoms with Crippen LogP contribution in [-0.2, 0) is 21.0 Å². The molecule has 0 radical (unpaired) electrons. The van der Waals surface area contributed by atoms with E-state index in [1.165, 1.54) is 25.3 Å². The maximum atomic E-state index is 13.3. The van der Waals surface area contributed by atoms with Gasteiger partial charge in [-0.1, -0.05) is 30.3 Å². The molecule has 0 saturated carbocycles. The van der Waals surface area contributed by atoms with Crippen LogP contribution < -0.4 is 14.4 Å². The van der Waals surface area contributed by atoms with E-state index in [1.54, 1.807) is 36.4 Å². The summed E-state index contributed by atoms with van der Waals surface area (Å²) in [5, 5.41) is 2.43. The molecule has 0 saturated heterocycles. The molecule has 0 fully saturated rings. The minimum absolute atomic E-state index is 0.0340. The second-order valence-electron chi connectivity index (χ2n) is 6.62. The molecule has 168 valence electrons. The molecule has 32 heavy (non-hydrogen) atoms. The molecule has 1 amide bonds. The first-order valence-electron chi connectivity index (χ1n) is 9.31. The van der Waals surface area contributed by atoms with Gasteiger partial charge in [0.1, 0.15) is 12.3 Å². The van der Waals surface area contributed by atoms with Gasteiger partial charge in [-0.2, -0.15) is 13.2 Å². The fourth-order valence-electron chi connectivity index (χ4n) is 2.93. The number of para-hydroxylation sites is 2. The van der Waals surface area contributed by atoms with Crippen molar-refractivity contribution < 1.29 is 31.1 Å². The Kier molecular flexibility index (Phi) is 6.73. The molecule has 3 aromatic carbocycles. The number of nitrogens with zero attached hydrogens (tertiary/aromatic N) is 1. The molecule has 0 bridgehead atoms. The fourth-order valence-corrected chi connectivity index (χ4v) is 4.38. The molecule has 0 aromatic heterocycles. The quantitative estimate of drug-likeness (QED) is 0.557. The number of benzene rings is 3.